The molecule has 0 saturated carbocycles. The number of hydroxylamine groups is 1. The Kier molecular flexibility index (Phi) is 4.07. The molecule has 2 aliphatic heterocycles. The summed E-state index contributed by atoms with van der Waals surface area (Å²) in [7, 11) is 0. The third-order valence-corrected chi connectivity index (χ3v) is 3.42. The third kappa shape index (κ3) is 3.32. The standard InChI is InChI=1S/C14H19N3O2/c1-2-4-12(5-3-1)14-15-13(19-16-14)6-7-17-8-10-18-11-9-17/h1-5,14,16H,6-11H2/t14-/m0/s1. The molecule has 1 atom stereocenters. The minimum atomic E-state index is -0.0686. The zero-order chi connectivity index (χ0) is 12.9. The maximum absolute atomic E-state index is 5.45. The summed E-state index contributed by atoms with van der Waals surface area (Å²) in [6.07, 6.45) is 0.775. The van der Waals surface area contributed by atoms with Gasteiger partial charge in [0.1, 0.15) is 0 Å². The summed E-state index contributed by atoms with van der Waals surface area (Å²) >= 11 is 0. The van der Waals surface area contributed by atoms with Gasteiger partial charge in [-0.15, -0.1) is 5.48 Å². The lowest BCUT2D eigenvalue weighted by molar-refractivity contribution is 0.0383. The van der Waals surface area contributed by atoms with Crippen LogP contribution >= 0.6 is 0 Å². The van der Waals surface area contributed by atoms with Crippen LogP contribution in [-0.4, -0.2) is 43.6 Å². The molecule has 19 heavy (non-hydrogen) atoms. The van der Waals surface area contributed by atoms with Crippen molar-refractivity contribution in [1.82, 2.24) is 10.4 Å². The Morgan fingerprint density at radius 1 is 1.21 bits per heavy atom. The summed E-state index contributed by atoms with van der Waals surface area (Å²) in [6.45, 7) is 4.65. The Hall–Kier alpha value is -1.43. The number of hydrogen-bond donors (Lipinski definition) is 1. The van der Waals surface area contributed by atoms with Gasteiger partial charge in [-0.3, -0.25) is 4.90 Å². The zero-order valence-corrected chi connectivity index (χ0v) is 10.9. The maximum atomic E-state index is 5.45. The van der Waals surface area contributed by atoms with Crippen LogP contribution in [0.2, 0.25) is 0 Å². The minimum Gasteiger partial charge on any atom is -0.391 e. The fourth-order valence-corrected chi connectivity index (χ4v) is 2.29. The Morgan fingerprint density at radius 2 is 2.00 bits per heavy atom. The number of aliphatic imine (C=N–C) groups is 1. The molecule has 0 amide bonds. The normalized spacial score (nSPS) is 24.0. The topological polar surface area (TPSA) is 46.1 Å². The van der Waals surface area contributed by atoms with Gasteiger partial charge in [-0.25, -0.2) is 4.99 Å². The third-order valence-electron chi connectivity index (χ3n) is 3.42. The van der Waals surface area contributed by atoms with Crippen molar-refractivity contribution in [3.63, 3.8) is 0 Å². The summed E-state index contributed by atoms with van der Waals surface area (Å²) in [6, 6.07) is 10.1. The molecule has 1 aromatic carbocycles. The molecule has 5 nitrogen and oxygen atoms in total. The van der Waals surface area contributed by atoms with Crippen molar-refractivity contribution in [3.8, 4) is 0 Å². The largest absolute Gasteiger partial charge is 0.391 e. The molecular weight excluding hydrogens is 242 g/mol. The number of hydrogen-bond acceptors (Lipinski definition) is 5. The zero-order valence-electron chi connectivity index (χ0n) is 10.9. The van der Waals surface area contributed by atoms with E-state index in [4.69, 9.17) is 9.57 Å². The van der Waals surface area contributed by atoms with E-state index in [1.165, 1.54) is 0 Å². The van der Waals surface area contributed by atoms with E-state index in [1.807, 2.05) is 18.2 Å². The smallest absolute Gasteiger partial charge is 0.212 e. The van der Waals surface area contributed by atoms with Crippen LogP contribution in [0.3, 0.4) is 0 Å². The molecule has 2 aliphatic rings. The molecule has 0 spiro atoms. The number of benzene rings is 1. The Morgan fingerprint density at radius 3 is 2.79 bits per heavy atom. The maximum Gasteiger partial charge on any atom is 0.212 e. The fraction of sp³-hybridized carbons (Fsp3) is 0.500. The Bertz CT molecular complexity index is 430. The molecule has 3 rings (SSSR count). The minimum absolute atomic E-state index is 0.0686. The van der Waals surface area contributed by atoms with E-state index >= 15 is 0 Å². The first-order valence-electron chi connectivity index (χ1n) is 6.76. The Labute approximate surface area is 113 Å². The molecule has 0 radical (unpaired) electrons. The van der Waals surface area contributed by atoms with Crippen LogP contribution < -0.4 is 5.48 Å². The lowest BCUT2D eigenvalue weighted by Gasteiger charge is -2.26. The molecular formula is C14H19N3O2. The monoisotopic (exact) mass is 261 g/mol. The summed E-state index contributed by atoms with van der Waals surface area (Å²) in [5.74, 6) is 0.792. The number of rotatable bonds is 4. The van der Waals surface area contributed by atoms with Crippen molar-refractivity contribution in [3.05, 3.63) is 35.9 Å². The first kappa shape index (κ1) is 12.6. The van der Waals surface area contributed by atoms with Crippen LogP contribution in [0, 0.1) is 0 Å². The van der Waals surface area contributed by atoms with Gasteiger partial charge >= 0.3 is 0 Å². The fourth-order valence-electron chi connectivity index (χ4n) is 2.29. The summed E-state index contributed by atoms with van der Waals surface area (Å²) in [5, 5.41) is 0. The van der Waals surface area contributed by atoms with Gasteiger partial charge in [0.05, 0.1) is 13.2 Å². The number of ether oxygens (including phenoxy) is 1. The summed E-state index contributed by atoms with van der Waals surface area (Å²) in [5.41, 5.74) is 4.09. The number of morpholine rings is 1. The molecule has 1 aromatic rings. The number of nitrogens with one attached hydrogen (secondary N) is 1. The van der Waals surface area contributed by atoms with Gasteiger partial charge in [0.15, 0.2) is 6.17 Å². The van der Waals surface area contributed by atoms with Crippen molar-refractivity contribution < 1.29 is 9.57 Å². The second-order valence-corrected chi connectivity index (χ2v) is 4.76. The van der Waals surface area contributed by atoms with Gasteiger partial charge in [0, 0.05) is 26.1 Å². The van der Waals surface area contributed by atoms with Crippen LogP contribution in [0.5, 0.6) is 0 Å². The second kappa shape index (κ2) is 6.14. The van der Waals surface area contributed by atoms with E-state index in [1.54, 1.807) is 0 Å². The molecule has 5 heteroatoms. The molecule has 0 aliphatic carbocycles. The molecule has 1 N–H and O–H groups in total. The lowest BCUT2D eigenvalue weighted by atomic mass is 10.2. The first-order chi connectivity index (χ1) is 9.42. The average Bonchev–Trinajstić information content (AvgIpc) is 2.96. The second-order valence-electron chi connectivity index (χ2n) is 4.76. The van der Waals surface area contributed by atoms with Crippen LogP contribution in [0.15, 0.2) is 35.3 Å². The van der Waals surface area contributed by atoms with Crippen molar-refractivity contribution >= 4 is 5.90 Å². The van der Waals surface area contributed by atoms with Gasteiger partial charge in [-0.2, -0.15) is 0 Å². The predicted octanol–water partition coefficient (Wildman–Crippen LogP) is 1.34. The highest BCUT2D eigenvalue weighted by Gasteiger charge is 2.20. The quantitative estimate of drug-likeness (QED) is 0.888. The highest BCUT2D eigenvalue weighted by Crippen LogP contribution is 2.19. The van der Waals surface area contributed by atoms with Crippen LogP contribution in [0.4, 0.5) is 0 Å². The van der Waals surface area contributed by atoms with Gasteiger partial charge in [-0.1, -0.05) is 30.3 Å². The summed E-state index contributed by atoms with van der Waals surface area (Å²) < 4.78 is 5.33. The van der Waals surface area contributed by atoms with Crippen molar-refractivity contribution in [2.24, 2.45) is 4.99 Å². The number of nitrogens with zero attached hydrogens (tertiary/aromatic N) is 2. The van der Waals surface area contributed by atoms with E-state index in [0.717, 1.165) is 50.7 Å². The van der Waals surface area contributed by atoms with Crippen molar-refractivity contribution in [2.45, 2.75) is 12.6 Å². The van der Waals surface area contributed by atoms with Gasteiger partial charge in [0.2, 0.25) is 5.90 Å². The van der Waals surface area contributed by atoms with Crippen molar-refractivity contribution in [2.75, 3.05) is 32.8 Å². The highest BCUT2D eigenvalue weighted by molar-refractivity contribution is 5.77. The van der Waals surface area contributed by atoms with Gasteiger partial charge < -0.3 is 9.57 Å². The lowest BCUT2D eigenvalue weighted by Crippen LogP contribution is -2.37. The molecule has 0 bridgehead atoms. The van der Waals surface area contributed by atoms with Crippen molar-refractivity contribution in [1.29, 1.82) is 0 Å². The predicted molar refractivity (Wildman–Crippen MR) is 72.7 cm³/mol. The van der Waals surface area contributed by atoms with Crippen LogP contribution in [0.1, 0.15) is 18.2 Å². The van der Waals surface area contributed by atoms with Gasteiger partial charge in [-0.05, 0) is 5.56 Å². The molecule has 1 fully saturated rings. The van der Waals surface area contributed by atoms with Crippen LogP contribution in [-0.2, 0) is 9.57 Å². The SMILES string of the molecule is c1ccc([C@H]2N=C(CCN3CCOCC3)ON2)cc1. The molecule has 2 heterocycles. The highest BCUT2D eigenvalue weighted by atomic mass is 16.7. The Balaban J connectivity index is 1.52. The van der Waals surface area contributed by atoms with E-state index in [9.17, 15) is 0 Å². The van der Waals surface area contributed by atoms with Crippen LogP contribution in [0.25, 0.3) is 0 Å². The molecule has 0 aromatic heterocycles. The van der Waals surface area contributed by atoms with E-state index < -0.39 is 0 Å². The van der Waals surface area contributed by atoms with E-state index in [0.29, 0.717) is 0 Å². The average molecular weight is 261 g/mol. The molecule has 1 saturated heterocycles. The van der Waals surface area contributed by atoms with Gasteiger partial charge in [0.25, 0.3) is 0 Å². The first-order valence-corrected chi connectivity index (χ1v) is 6.76. The summed E-state index contributed by atoms with van der Waals surface area (Å²) in [4.78, 5) is 12.4. The molecule has 0 unspecified atom stereocenters. The van der Waals surface area contributed by atoms with E-state index in [-0.39, 0.29) is 6.17 Å². The van der Waals surface area contributed by atoms with E-state index in [2.05, 4.69) is 27.5 Å². The molecule has 102 valence electrons.